The standard InChI is InChI=1S/C26H19N3.C21H16N2/c1-28-23-15-13-21(19-10-6-3-7-11-19)17-25(23)29-24-16-20(18-8-4-2-5-9-18)12-14-22(24)27-26(28)29;1-22-18-13-7-5-11-16(18)20-17-12-6-8-14-19(17)23(21(20)22)15-9-3-2-4-10-15/h2-17H,1H3;2-14H,1H3. The van der Waals surface area contributed by atoms with E-state index >= 15 is 0 Å². The lowest BCUT2D eigenvalue weighted by Gasteiger charge is -2.09. The second-order valence-electron chi connectivity index (χ2n) is 13.4. The number of hydrogen-bond donors (Lipinski definition) is 0. The van der Waals surface area contributed by atoms with Crippen LogP contribution >= 0.6 is 0 Å². The lowest BCUT2D eigenvalue weighted by atomic mass is 10.0. The van der Waals surface area contributed by atoms with Crippen LogP contribution in [-0.4, -0.2) is 23.1 Å². The molecule has 0 aliphatic rings. The first-order valence-electron chi connectivity index (χ1n) is 17.7. The van der Waals surface area contributed by atoms with Gasteiger partial charge in [0.25, 0.3) is 0 Å². The van der Waals surface area contributed by atoms with Crippen LogP contribution < -0.4 is 0 Å². The molecule has 0 unspecified atom stereocenters. The maximum atomic E-state index is 4.92. The lowest BCUT2D eigenvalue weighted by molar-refractivity contribution is 0.962. The van der Waals surface area contributed by atoms with E-state index in [0.717, 1.165) is 16.8 Å². The highest BCUT2D eigenvalue weighted by Crippen LogP contribution is 2.38. The molecule has 248 valence electrons. The molecule has 4 heterocycles. The van der Waals surface area contributed by atoms with Crippen molar-refractivity contribution in [3.05, 3.63) is 176 Å². The molecule has 0 aliphatic heterocycles. The summed E-state index contributed by atoms with van der Waals surface area (Å²) in [7, 11) is 4.24. The van der Waals surface area contributed by atoms with Crippen LogP contribution in [0.15, 0.2) is 176 Å². The van der Waals surface area contributed by atoms with Gasteiger partial charge in [-0.15, -0.1) is 0 Å². The van der Waals surface area contributed by atoms with Crippen molar-refractivity contribution < 1.29 is 0 Å². The maximum absolute atomic E-state index is 4.92. The van der Waals surface area contributed by atoms with Gasteiger partial charge in [0.2, 0.25) is 5.78 Å². The van der Waals surface area contributed by atoms with Crippen LogP contribution in [0.5, 0.6) is 0 Å². The monoisotopic (exact) mass is 669 g/mol. The zero-order valence-corrected chi connectivity index (χ0v) is 29.0. The van der Waals surface area contributed by atoms with E-state index in [1.54, 1.807) is 0 Å². The van der Waals surface area contributed by atoms with Crippen molar-refractivity contribution in [2.45, 2.75) is 0 Å². The summed E-state index contributed by atoms with van der Waals surface area (Å²) in [5.74, 6) is 0.963. The molecule has 5 heteroatoms. The van der Waals surface area contributed by atoms with E-state index < -0.39 is 0 Å². The molecule has 11 aromatic rings. The number of aryl methyl sites for hydroxylation is 2. The molecule has 11 rings (SSSR count). The molecule has 0 saturated carbocycles. The molecule has 7 aromatic carbocycles. The Labute approximate surface area is 300 Å². The molecule has 0 radical (unpaired) electrons. The molecule has 0 saturated heterocycles. The summed E-state index contributed by atoms with van der Waals surface area (Å²) in [6.07, 6.45) is 0. The molecule has 0 fully saturated rings. The average Bonchev–Trinajstić information content (AvgIpc) is 3.93. The van der Waals surface area contributed by atoms with Crippen LogP contribution in [0.4, 0.5) is 0 Å². The molecule has 0 bridgehead atoms. The second kappa shape index (κ2) is 11.9. The summed E-state index contributed by atoms with van der Waals surface area (Å²) in [4.78, 5) is 4.92. The van der Waals surface area contributed by atoms with E-state index in [1.165, 1.54) is 71.8 Å². The summed E-state index contributed by atoms with van der Waals surface area (Å²) in [6, 6.07) is 62.1. The van der Waals surface area contributed by atoms with Gasteiger partial charge in [-0.1, -0.05) is 127 Å². The number of aromatic nitrogens is 5. The van der Waals surface area contributed by atoms with Crippen molar-refractivity contribution in [2.24, 2.45) is 14.1 Å². The van der Waals surface area contributed by atoms with Crippen molar-refractivity contribution in [1.82, 2.24) is 23.1 Å². The Hall–Kier alpha value is -6.85. The normalized spacial score (nSPS) is 11.7. The smallest absolute Gasteiger partial charge is 0.215 e. The Morgan fingerprint density at radius 1 is 0.404 bits per heavy atom. The number of hydrogen-bond acceptors (Lipinski definition) is 1. The van der Waals surface area contributed by atoms with Crippen LogP contribution in [0.25, 0.3) is 88.6 Å². The summed E-state index contributed by atoms with van der Waals surface area (Å²) in [5, 5.41) is 3.96. The fourth-order valence-electron chi connectivity index (χ4n) is 7.98. The SMILES string of the molecule is Cn1c2ccc(-c3ccccc3)cc2n2c3cc(-c4ccccc4)ccc3nc12.Cn1c2ccccc2c2c3ccccc3n(-c3ccccc3)c21. The lowest BCUT2D eigenvalue weighted by Crippen LogP contribution is -1.98. The Bertz CT molecular complexity index is 3070. The predicted molar refractivity (Wildman–Crippen MR) is 217 cm³/mol. The quantitative estimate of drug-likeness (QED) is 0.184. The van der Waals surface area contributed by atoms with Gasteiger partial charge in [0, 0.05) is 35.9 Å². The first kappa shape index (κ1) is 30.0. The number of fused-ring (bicyclic) bond motifs is 10. The average molecular weight is 670 g/mol. The van der Waals surface area contributed by atoms with Crippen molar-refractivity contribution in [1.29, 1.82) is 0 Å². The molecule has 0 amide bonds. The fraction of sp³-hybridized carbons (Fsp3) is 0.0426. The molecule has 0 atom stereocenters. The molecular formula is C47H35N5. The maximum Gasteiger partial charge on any atom is 0.215 e. The van der Waals surface area contributed by atoms with Crippen molar-refractivity contribution >= 4 is 60.7 Å². The van der Waals surface area contributed by atoms with Gasteiger partial charge >= 0.3 is 0 Å². The van der Waals surface area contributed by atoms with Gasteiger partial charge in [0.05, 0.1) is 33.1 Å². The van der Waals surface area contributed by atoms with Crippen molar-refractivity contribution in [3.63, 3.8) is 0 Å². The summed E-state index contributed by atoms with van der Waals surface area (Å²) in [6.45, 7) is 0. The topological polar surface area (TPSA) is 32.1 Å². The highest BCUT2D eigenvalue weighted by atomic mass is 15.2. The highest BCUT2D eigenvalue weighted by Gasteiger charge is 2.19. The first-order valence-corrected chi connectivity index (χ1v) is 17.7. The summed E-state index contributed by atoms with van der Waals surface area (Å²) >= 11 is 0. The van der Waals surface area contributed by atoms with Gasteiger partial charge in [-0.3, -0.25) is 8.97 Å². The van der Waals surface area contributed by atoms with Crippen LogP contribution in [0.1, 0.15) is 0 Å². The third-order valence-corrected chi connectivity index (χ3v) is 10.4. The van der Waals surface area contributed by atoms with E-state index in [-0.39, 0.29) is 0 Å². The third-order valence-electron chi connectivity index (χ3n) is 10.4. The Morgan fingerprint density at radius 2 is 0.942 bits per heavy atom. The minimum atomic E-state index is 0.963. The number of rotatable bonds is 3. The first-order chi connectivity index (χ1) is 25.7. The predicted octanol–water partition coefficient (Wildman–Crippen LogP) is 11.6. The number of nitrogens with zero attached hydrogens (tertiary/aromatic N) is 5. The zero-order chi connectivity index (χ0) is 34.8. The zero-order valence-electron chi connectivity index (χ0n) is 29.0. The Morgan fingerprint density at radius 3 is 1.62 bits per heavy atom. The minimum absolute atomic E-state index is 0.963. The molecule has 0 N–H and O–H groups in total. The van der Waals surface area contributed by atoms with Gasteiger partial charge in [-0.05, 0) is 70.8 Å². The molecule has 4 aromatic heterocycles. The van der Waals surface area contributed by atoms with E-state index in [1.807, 2.05) is 0 Å². The highest BCUT2D eigenvalue weighted by molar-refractivity contribution is 6.21. The van der Waals surface area contributed by atoms with Gasteiger partial charge in [0.1, 0.15) is 5.65 Å². The van der Waals surface area contributed by atoms with E-state index in [4.69, 9.17) is 4.98 Å². The number of benzene rings is 7. The van der Waals surface area contributed by atoms with Gasteiger partial charge in [-0.2, -0.15) is 0 Å². The molecule has 0 spiro atoms. The van der Waals surface area contributed by atoms with Crippen LogP contribution in [0, 0.1) is 0 Å². The van der Waals surface area contributed by atoms with E-state index in [9.17, 15) is 0 Å². The molecular weight excluding hydrogens is 635 g/mol. The number of para-hydroxylation sites is 3. The van der Waals surface area contributed by atoms with E-state index in [2.05, 4.69) is 208 Å². The van der Waals surface area contributed by atoms with Crippen LogP contribution in [-0.2, 0) is 14.1 Å². The molecule has 0 aliphatic carbocycles. The van der Waals surface area contributed by atoms with E-state index in [0.29, 0.717) is 0 Å². The van der Waals surface area contributed by atoms with Gasteiger partial charge in [0.15, 0.2) is 0 Å². The number of imidazole rings is 2. The fourth-order valence-corrected chi connectivity index (χ4v) is 7.98. The second-order valence-corrected chi connectivity index (χ2v) is 13.4. The minimum Gasteiger partial charge on any atom is -0.329 e. The summed E-state index contributed by atoms with van der Waals surface area (Å²) in [5.41, 5.74) is 14.3. The van der Waals surface area contributed by atoms with Crippen molar-refractivity contribution in [2.75, 3.05) is 0 Å². The van der Waals surface area contributed by atoms with Gasteiger partial charge in [-0.25, -0.2) is 4.98 Å². The molecule has 52 heavy (non-hydrogen) atoms. The van der Waals surface area contributed by atoms with Crippen molar-refractivity contribution in [3.8, 4) is 27.9 Å². The molecule has 5 nitrogen and oxygen atoms in total. The summed E-state index contributed by atoms with van der Waals surface area (Å²) < 4.78 is 9.12. The third kappa shape index (κ3) is 4.60. The van der Waals surface area contributed by atoms with Crippen LogP contribution in [0.2, 0.25) is 0 Å². The van der Waals surface area contributed by atoms with Gasteiger partial charge < -0.3 is 9.13 Å². The van der Waals surface area contributed by atoms with Crippen LogP contribution in [0.3, 0.4) is 0 Å². The Balaban J connectivity index is 0.000000134. The largest absolute Gasteiger partial charge is 0.329 e. The Kier molecular flexibility index (Phi) is 6.86.